The van der Waals surface area contributed by atoms with Gasteiger partial charge in [0.1, 0.15) is 22.9 Å². The summed E-state index contributed by atoms with van der Waals surface area (Å²) < 4.78 is 51.0. The number of likely N-dealkylation sites (N-methyl/N-ethyl adjacent to an activating group) is 1. The van der Waals surface area contributed by atoms with Crippen LogP contribution in [0.25, 0.3) is 11.1 Å². The van der Waals surface area contributed by atoms with Gasteiger partial charge in [0.15, 0.2) is 0 Å². The van der Waals surface area contributed by atoms with Gasteiger partial charge in [0.05, 0.1) is 24.2 Å². The zero-order valence-corrected chi connectivity index (χ0v) is 27.5. The highest BCUT2D eigenvalue weighted by Gasteiger charge is 2.38. The fourth-order valence-corrected chi connectivity index (χ4v) is 7.18. The van der Waals surface area contributed by atoms with E-state index in [1.165, 1.54) is 25.7 Å². The molecule has 2 N–H and O–H groups in total. The van der Waals surface area contributed by atoms with Crippen molar-refractivity contribution in [3.05, 3.63) is 65.5 Å². The third-order valence-corrected chi connectivity index (χ3v) is 9.80. The van der Waals surface area contributed by atoms with Gasteiger partial charge in [-0.1, -0.05) is 18.6 Å². The van der Waals surface area contributed by atoms with Crippen molar-refractivity contribution in [1.29, 1.82) is 0 Å². The van der Waals surface area contributed by atoms with Crippen molar-refractivity contribution in [2.45, 2.75) is 58.5 Å². The Labute approximate surface area is 265 Å². The summed E-state index contributed by atoms with van der Waals surface area (Å²) in [6, 6.07) is 13.4. The fourth-order valence-electron chi connectivity index (χ4n) is 6.21. The van der Waals surface area contributed by atoms with E-state index >= 15 is 0 Å². The Bertz CT molecular complexity index is 1670. The zero-order valence-electron chi connectivity index (χ0n) is 26.7. The number of fused-ring (bicyclic) bond motifs is 1. The Kier molecular flexibility index (Phi) is 9.60. The number of carbonyl (C=O) groups is 1. The number of ether oxygens (including phenoxy) is 1. The molecule has 45 heavy (non-hydrogen) atoms. The highest BCUT2D eigenvalue weighted by molar-refractivity contribution is 7.87. The topological polar surface area (TPSA) is 100 Å². The van der Waals surface area contributed by atoms with E-state index in [1.807, 2.05) is 32.9 Å². The molecule has 0 atom stereocenters. The van der Waals surface area contributed by atoms with Crippen LogP contribution in [0, 0.1) is 12.7 Å². The number of methoxy groups -OCH3 is 1. The van der Waals surface area contributed by atoms with Gasteiger partial charge in [-0.15, -0.1) is 0 Å². The molecule has 1 amide bonds. The number of carbonyl (C=O) groups excluding carboxylic acids is 1. The Hall–Kier alpha value is -3.83. The number of piperidine rings is 1. The molecule has 11 heteroatoms. The highest BCUT2D eigenvalue weighted by atomic mass is 32.2. The molecule has 1 saturated heterocycles. The van der Waals surface area contributed by atoms with E-state index in [9.17, 15) is 17.6 Å². The largest absolute Gasteiger partial charge is 0.496 e. The van der Waals surface area contributed by atoms with E-state index < -0.39 is 15.7 Å². The van der Waals surface area contributed by atoms with Crippen LogP contribution in [-0.4, -0.2) is 64.3 Å². The number of nitrogens with zero attached hydrogens (tertiary/aromatic N) is 2. The molecule has 9 nitrogen and oxygen atoms in total. The summed E-state index contributed by atoms with van der Waals surface area (Å²) in [4.78, 5) is 17.3. The number of nitrogens with one attached hydrogen (secondary N) is 2. The van der Waals surface area contributed by atoms with Crippen LogP contribution >= 0.6 is 0 Å². The number of amides is 1. The third kappa shape index (κ3) is 7.36. The average molecular weight is 639 g/mol. The number of halogens is 1. The summed E-state index contributed by atoms with van der Waals surface area (Å²) in [6.45, 7) is 8.60. The van der Waals surface area contributed by atoms with Gasteiger partial charge in [-0.05, 0) is 101 Å². The Balaban J connectivity index is 1.46. The molecule has 242 valence electrons. The number of hydrogen-bond acceptors (Lipinski definition) is 8. The lowest BCUT2D eigenvalue weighted by Gasteiger charge is -2.40. The molecule has 3 aromatic carbocycles. The van der Waals surface area contributed by atoms with Gasteiger partial charge in [-0.25, -0.2) is 4.39 Å². The van der Waals surface area contributed by atoms with Gasteiger partial charge in [0, 0.05) is 36.5 Å². The first-order valence-corrected chi connectivity index (χ1v) is 17.0. The molecule has 2 aliphatic rings. The van der Waals surface area contributed by atoms with E-state index in [2.05, 4.69) is 15.5 Å². The predicted molar refractivity (Wildman–Crippen MR) is 177 cm³/mol. The van der Waals surface area contributed by atoms with Crippen molar-refractivity contribution in [1.82, 2.24) is 4.90 Å². The van der Waals surface area contributed by atoms with Crippen LogP contribution < -0.4 is 24.5 Å². The monoisotopic (exact) mass is 638 g/mol. The summed E-state index contributed by atoms with van der Waals surface area (Å²) in [5, 5.41) is 6.71. The molecule has 3 aromatic rings. The molecular formula is C34H43FN4O5S. The second-order valence-electron chi connectivity index (χ2n) is 12.4. The van der Waals surface area contributed by atoms with Gasteiger partial charge in [0.25, 0.3) is 5.91 Å². The number of aryl methyl sites for hydroxylation is 1. The van der Waals surface area contributed by atoms with Gasteiger partial charge in [-0.3, -0.25) is 4.79 Å². The molecule has 0 unspecified atom stereocenters. The zero-order chi connectivity index (χ0) is 32.4. The van der Waals surface area contributed by atoms with Crippen molar-refractivity contribution >= 4 is 33.1 Å². The second kappa shape index (κ2) is 13.3. The van der Waals surface area contributed by atoms with Crippen LogP contribution in [0.3, 0.4) is 0 Å². The molecule has 0 saturated carbocycles. The standard InChI is InChI=1S/C34H43FN4O5S/c1-23-10-11-24(35)20-30(23)36-22-28-26(14-15-29-32(28)38(4)33(40)34(2,3)37-29)27-13-12-25(21-31(27)43-5)44-45(41,42)19-9-18-39-16-7-6-8-17-39/h10-15,20-21,36-37H,6-9,16-19,22H2,1-5H3. The molecule has 0 aliphatic carbocycles. The van der Waals surface area contributed by atoms with Gasteiger partial charge in [-0.2, -0.15) is 8.42 Å². The lowest BCUT2D eigenvalue weighted by atomic mass is 9.91. The first kappa shape index (κ1) is 32.6. The SMILES string of the molecule is COc1cc(OS(=O)(=O)CCCN2CCCCC2)ccc1-c1ccc2c(c1CNc1cc(F)ccc1C)N(C)C(=O)C(C)(C)N2. The van der Waals surface area contributed by atoms with Gasteiger partial charge in [0.2, 0.25) is 0 Å². The molecule has 1 fully saturated rings. The Morgan fingerprint density at radius 2 is 1.76 bits per heavy atom. The number of hydrogen-bond donors (Lipinski definition) is 2. The van der Waals surface area contributed by atoms with E-state index in [-0.39, 0.29) is 29.8 Å². The van der Waals surface area contributed by atoms with E-state index in [0.717, 1.165) is 54.9 Å². The van der Waals surface area contributed by atoms with E-state index in [4.69, 9.17) is 8.92 Å². The van der Waals surface area contributed by atoms with Crippen molar-refractivity contribution in [2.24, 2.45) is 0 Å². The molecule has 0 radical (unpaired) electrons. The molecule has 0 bridgehead atoms. The summed E-state index contributed by atoms with van der Waals surface area (Å²) in [7, 11) is -0.544. The maximum absolute atomic E-state index is 14.1. The molecule has 5 rings (SSSR count). The first-order chi connectivity index (χ1) is 21.4. The van der Waals surface area contributed by atoms with Crippen molar-refractivity contribution in [3.63, 3.8) is 0 Å². The Morgan fingerprint density at radius 1 is 1.02 bits per heavy atom. The summed E-state index contributed by atoms with van der Waals surface area (Å²) in [5.74, 6) is 0.0520. The van der Waals surface area contributed by atoms with E-state index in [0.29, 0.717) is 29.1 Å². The lowest BCUT2D eigenvalue weighted by Crippen LogP contribution is -2.52. The highest BCUT2D eigenvalue weighted by Crippen LogP contribution is 2.45. The minimum absolute atomic E-state index is 0.0720. The Morgan fingerprint density at radius 3 is 2.49 bits per heavy atom. The van der Waals surface area contributed by atoms with Crippen LogP contribution in [0.2, 0.25) is 0 Å². The van der Waals surface area contributed by atoms with Gasteiger partial charge < -0.3 is 29.4 Å². The summed E-state index contributed by atoms with van der Waals surface area (Å²) >= 11 is 0. The smallest absolute Gasteiger partial charge is 0.309 e. The predicted octanol–water partition coefficient (Wildman–Crippen LogP) is 6.17. The first-order valence-electron chi connectivity index (χ1n) is 15.4. The van der Waals surface area contributed by atoms with Crippen molar-refractivity contribution in [3.8, 4) is 22.6 Å². The number of rotatable bonds is 11. The number of anilines is 3. The van der Waals surface area contributed by atoms with Crippen molar-refractivity contribution < 1.29 is 26.5 Å². The average Bonchev–Trinajstić information content (AvgIpc) is 3.00. The second-order valence-corrected chi connectivity index (χ2v) is 14.1. The summed E-state index contributed by atoms with van der Waals surface area (Å²) in [5.41, 5.74) is 4.43. The van der Waals surface area contributed by atoms with Crippen LogP contribution in [0.1, 0.15) is 50.7 Å². The number of likely N-dealkylation sites (tertiary alicyclic amines) is 1. The van der Waals surface area contributed by atoms with Crippen LogP contribution in [0.4, 0.5) is 21.5 Å². The molecule has 0 aromatic heterocycles. The molecule has 0 spiro atoms. The maximum Gasteiger partial charge on any atom is 0.309 e. The normalized spacial score (nSPS) is 16.6. The van der Waals surface area contributed by atoms with Crippen LogP contribution in [0.5, 0.6) is 11.5 Å². The minimum Gasteiger partial charge on any atom is -0.496 e. The summed E-state index contributed by atoms with van der Waals surface area (Å²) in [6.07, 6.45) is 4.05. The van der Waals surface area contributed by atoms with E-state index in [1.54, 1.807) is 36.2 Å². The third-order valence-electron chi connectivity index (χ3n) is 8.56. The molecule has 2 aliphatic heterocycles. The van der Waals surface area contributed by atoms with Crippen LogP contribution in [0.15, 0.2) is 48.5 Å². The quantitative estimate of drug-likeness (QED) is 0.241. The number of benzene rings is 3. The van der Waals surface area contributed by atoms with Crippen molar-refractivity contribution in [2.75, 3.05) is 55.1 Å². The minimum atomic E-state index is -3.80. The molecular weight excluding hydrogens is 595 g/mol. The molecule has 2 heterocycles. The van der Waals surface area contributed by atoms with Crippen LogP contribution in [-0.2, 0) is 21.5 Å². The van der Waals surface area contributed by atoms with Gasteiger partial charge >= 0.3 is 10.1 Å². The maximum atomic E-state index is 14.1. The lowest BCUT2D eigenvalue weighted by molar-refractivity contribution is -0.121. The fraction of sp³-hybridized carbons (Fsp3) is 0.441.